The van der Waals surface area contributed by atoms with Gasteiger partial charge < -0.3 is 9.84 Å². The molecule has 0 atom stereocenters. The summed E-state index contributed by atoms with van der Waals surface area (Å²) >= 11 is 0.913. The fourth-order valence-corrected chi connectivity index (χ4v) is 2.60. The Morgan fingerprint density at radius 2 is 2.19 bits per heavy atom. The van der Waals surface area contributed by atoms with E-state index in [9.17, 15) is 14.9 Å². The maximum atomic E-state index is 11.1. The molecule has 1 aromatic carbocycles. The zero-order valence-electron chi connectivity index (χ0n) is 10.8. The highest BCUT2D eigenvalue weighted by molar-refractivity contribution is 7.99. The second kappa shape index (κ2) is 6.23. The molecule has 0 bridgehead atoms. The molecule has 0 aliphatic rings. The highest BCUT2D eigenvalue weighted by Gasteiger charge is 2.19. The SMILES string of the molecule is COc1ccc([N+](=O)[O-])c(Sc2ncccc2C(=O)O)c1. The number of carboxylic acids is 1. The number of nitro groups is 1. The van der Waals surface area contributed by atoms with Crippen LogP contribution in [0.15, 0.2) is 46.5 Å². The van der Waals surface area contributed by atoms with E-state index < -0.39 is 10.9 Å². The van der Waals surface area contributed by atoms with Crippen molar-refractivity contribution in [1.29, 1.82) is 0 Å². The molecule has 2 aromatic rings. The molecule has 0 aliphatic carbocycles. The molecule has 0 aliphatic heterocycles. The summed E-state index contributed by atoms with van der Waals surface area (Å²) in [6.45, 7) is 0. The van der Waals surface area contributed by atoms with Gasteiger partial charge in [-0.15, -0.1) is 0 Å². The van der Waals surface area contributed by atoms with Crippen LogP contribution in [0.3, 0.4) is 0 Å². The second-order valence-electron chi connectivity index (χ2n) is 3.85. The standard InChI is InChI=1S/C13H10N2O5S/c1-20-8-4-5-10(15(18)19)11(7-8)21-12-9(13(16)17)3-2-6-14-12/h2-7H,1H3,(H,16,17). The lowest BCUT2D eigenvalue weighted by atomic mass is 10.3. The van der Waals surface area contributed by atoms with Crippen molar-refractivity contribution in [3.8, 4) is 5.75 Å². The highest BCUT2D eigenvalue weighted by atomic mass is 32.2. The van der Waals surface area contributed by atoms with E-state index in [1.807, 2.05) is 0 Å². The minimum absolute atomic E-state index is 0.0142. The van der Waals surface area contributed by atoms with Crippen LogP contribution >= 0.6 is 11.8 Å². The molecule has 1 N–H and O–H groups in total. The Hall–Kier alpha value is -2.61. The zero-order chi connectivity index (χ0) is 15.4. The van der Waals surface area contributed by atoms with Crippen LogP contribution < -0.4 is 4.74 Å². The van der Waals surface area contributed by atoms with Crippen LogP contribution in [0.1, 0.15) is 10.4 Å². The van der Waals surface area contributed by atoms with Crippen molar-refractivity contribution < 1.29 is 19.6 Å². The van der Waals surface area contributed by atoms with Gasteiger partial charge in [-0.25, -0.2) is 9.78 Å². The van der Waals surface area contributed by atoms with E-state index >= 15 is 0 Å². The van der Waals surface area contributed by atoms with E-state index in [1.165, 1.54) is 43.6 Å². The Morgan fingerprint density at radius 3 is 2.81 bits per heavy atom. The summed E-state index contributed by atoms with van der Waals surface area (Å²) < 4.78 is 5.03. The number of benzene rings is 1. The molecular weight excluding hydrogens is 296 g/mol. The Bertz CT molecular complexity index is 705. The van der Waals surface area contributed by atoms with Crippen molar-refractivity contribution in [2.75, 3.05) is 7.11 Å². The van der Waals surface area contributed by atoms with E-state index in [1.54, 1.807) is 0 Å². The van der Waals surface area contributed by atoms with Crippen LogP contribution in [0, 0.1) is 10.1 Å². The van der Waals surface area contributed by atoms with Crippen LogP contribution in [-0.4, -0.2) is 28.1 Å². The molecule has 0 saturated carbocycles. The van der Waals surface area contributed by atoms with Gasteiger partial charge in [0.1, 0.15) is 10.8 Å². The number of carboxylic acid groups (broad SMARTS) is 1. The summed E-state index contributed by atoms with van der Waals surface area (Å²) in [4.78, 5) is 25.9. The van der Waals surface area contributed by atoms with Crippen molar-refractivity contribution in [3.63, 3.8) is 0 Å². The van der Waals surface area contributed by atoms with Crippen LogP contribution in [0.25, 0.3) is 0 Å². The second-order valence-corrected chi connectivity index (χ2v) is 4.88. The Labute approximate surface area is 123 Å². The molecule has 0 radical (unpaired) electrons. The van der Waals surface area contributed by atoms with Crippen molar-refractivity contribution in [2.24, 2.45) is 0 Å². The molecule has 0 amide bonds. The van der Waals surface area contributed by atoms with Gasteiger partial charge in [0.15, 0.2) is 0 Å². The van der Waals surface area contributed by atoms with E-state index in [0.29, 0.717) is 5.75 Å². The number of hydrogen-bond donors (Lipinski definition) is 1. The summed E-state index contributed by atoms with van der Waals surface area (Å²) in [5, 5.41) is 20.3. The lowest BCUT2D eigenvalue weighted by molar-refractivity contribution is -0.387. The first-order valence-electron chi connectivity index (χ1n) is 5.71. The number of nitrogens with zero attached hydrogens (tertiary/aromatic N) is 2. The van der Waals surface area contributed by atoms with Gasteiger partial charge in [-0.2, -0.15) is 0 Å². The van der Waals surface area contributed by atoms with Crippen LogP contribution in [-0.2, 0) is 0 Å². The van der Waals surface area contributed by atoms with E-state index in [-0.39, 0.29) is 21.2 Å². The molecule has 0 spiro atoms. The van der Waals surface area contributed by atoms with Crippen molar-refractivity contribution in [2.45, 2.75) is 9.92 Å². The van der Waals surface area contributed by atoms with Crippen molar-refractivity contribution >= 4 is 23.4 Å². The third-order valence-electron chi connectivity index (χ3n) is 2.57. The smallest absolute Gasteiger partial charge is 0.338 e. The lowest BCUT2D eigenvalue weighted by Crippen LogP contribution is -2.00. The normalized spacial score (nSPS) is 10.1. The highest BCUT2D eigenvalue weighted by Crippen LogP contribution is 2.37. The molecule has 8 heteroatoms. The van der Waals surface area contributed by atoms with Crippen molar-refractivity contribution in [3.05, 3.63) is 52.2 Å². The van der Waals surface area contributed by atoms with Gasteiger partial charge in [0.2, 0.25) is 0 Å². The molecule has 0 saturated heterocycles. The van der Waals surface area contributed by atoms with Crippen LogP contribution in [0.5, 0.6) is 5.75 Å². The minimum atomic E-state index is -1.14. The average molecular weight is 306 g/mol. The number of pyridine rings is 1. The van der Waals surface area contributed by atoms with Crippen LogP contribution in [0.2, 0.25) is 0 Å². The number of methoxy groups -OCH3 is 1. The first-order chi connectivity index (χ1) is 10.0. The summed E-state index contributed by atoms with van der Waals surface area (Å²) in [6, 6.07) is 7.14. The predicted octanol–water partition coefficient (Wildman–Crippen LogP) is 2.85. The fraction of sp³-hybridized carbons (Fsp3) is 0.0769. The monoisotopic (exact) mass is 306 g/mol. The number of carbonyl (C=O) groups is 1. The lowest BCUT2D eigenvalue weighted by Gasteiger charge is -2.07. The van der Waals surface area contributed by atoms with E-state index in [2.05, 4.69) is 4.98 Å². The predicted molar refractivity (Wildman–Crippen MR) is 75.0 cm³/mol. The molecule has 0 fully saturated rings. The van der Waals surface area contributed by atoms with Gasteiger partial charge in [-0.3, -0.25) is 10.1 Å². The number of ether oxygens (including phenoxy) is 1. The van der Waals surface area contributed by atoms with Crippen molar-refractivity contribution in [1.82, 2.24) is 4.98 Å². The van der Waals surface area contributed by atoms with E-state index in [4.69, 9.17) is 9.84 Å². The molecule has 0 unspecified atom stereocenters. The molecule has 108 valence electrons. The quantitative estimate of drug-likeness (QED) is 0.669. The van der Waals surface area contributed by atoms with Gasteiger partial charge in [-0.1, -0.05) is 11.8 Å². The van der Waals surface area contributed by atoms with Gasteiger partial charge in [0.05, 0.1) is 22.5 Å². The third-order valence-corrected chi connectivity index (χ3v) is 3.64. The summed E-state index contributed by atoms with van der Waals surface area (Å²) in [5.74, 6) is -0.702. The molecule has 2 rings (SSSR count). The number of rotatable bonds is 5. The van der Waals surface area contributed by atoms with Gasteiger partial charge >= 0.3 is 5.97 Å². The van der Waals surface area contributed by atoms with Gasteiger partial charge in [0.25, 0.3) is 5.69 Å². The van der Waals surface area contributed by atoms with Gasteiger partial charge in [0, 0.05) is 18.3 Å². The first-order valence-corrected chi connectivity index (χ1v) is 6.53. The Kier molecular flexibility index (Phi) is 4.39. The maximum Gasteiger partial charge on any atom is 0.338 e. The molecule has 1 heterocycles. The first kappa shape index (κ1) is 14.8. The number of aromatic nitrogens is 1. The topological polar surface area (TPSA) is 103 Å². The Balaban J connectivity index is 2.48. The fourth-order valence-electron chi connectivity index (χ4n) is 1.59. The number of hydrogen-bond acceptors (Lipinski definition) is 6. The van der Waals surface area contributed by atoms with Crippen LogP contribution in [0.4, 0.5) is 5.69 Å². The maximum absolute atomic E-state index is 11.1. The average Bonchev–Trinajstić information content (AvgIpc) is 2.47. The molecular formula is C13H10N2O5S. The number of nitro benzene ring substituents is 1. The van der Waals surface area contributed by atoms with E-state index in [0.717, 1.165) is 11.8 Å². The summed E-state index contributed by atoms with van der Waals surface area (Å²) in [6.07, 6.45) is 1.43. The number of aromatic carboxylic acids is 1. The molecule has 7 nitrogen and oxygen atoms in total. The zero-order valence-corrected chi connectivity index (χ0v) is 11.7. The molecule has 1 aromatic heterocycles. The van der Waals surface area contributed by atoms with Gasteiger partial charge in [-0.05, 0) is 18.2 Å². The third kappa shape index (κ3) is 3.29. The minimum Gasteiger partial charge on any atom is -0.497 e. The largest absolute Gasteiger partial charge is 0.497 e. The summed E-state index contributed by atoms with van der Waals surface area (Å²) in [7, 11) is 1.44. The molecule has 21 heavy (non-hydrogen) atoms. The Morgan fingerprint density at radius 1 is 1.43 bits per heavy atom. The summed E-state index contributed by atoms with van der Waals surface area (Å²) in [5.41, 5.74) is -0.151.